The van der Waals surface area contributed by atoms with Gasteiger partial charge in [0.05, 0.1) is 12.7 Å². The number of aryl methyl sites for hydroxylation is 1. The van der Waals surface area contributed by atoms with Gasteiger partial charge in [0, 0.05) is 6.42 Å². The fourth-order valence-corrected chi connectivity index (χ4v) is 2.38. The zero-order chi connectivity index (χ0) is 15.3. The number of carbonyl (C=O) groups is 1. The van der Waals surface area contributed by atoms with Gasteiger partial charge >= 0.3 is 0 Å². The van der Waals surface area contributed by atoms with E-state index in [0.29, 0.717) is 24.3 Å². The quantitative estimate of drug-likeness (QED) is 0.774. The van der Waals surface area contributed by atoms with Gasteiger partial charge in [0.2, 0.25) is 0 Å². The second-order valence-electron chi connectivity index (χ2n) is 6.21. The highest BCUT2D eigenvalue weighted by molar-refractivity contribution is 5.99. The van der Waals surface area contributed by atoms with E-state index in [1.807, 2.05) is 26.0 Å². The van der Waals surface area contributed by atoms with E-state index in [1.54, 1.807) is 7.11 Å². The third-order valence-corrected chi connectivity index (χ3v) is 4.03. The molecule has 3 nitrogen and oxygen atoms in total. The molecule has 0 radical (unpaired) electrons. The number of methoxy groups -OCH3 is 1. The Labute approximate surface area is 122 Å². The summed E-state index contributed by atoms with van der Waals surface area (Å²) in [5, 5.41) is 0. The highest BCUT2D eigenvalue weighted by atomic mass is 16.5. The van der Waals surface area contributed by atoms with Crippen molar-refractivity contribution in [2.24, 2.45) is 11.1 Å². The van der Waals surface area contributed by atoms with Crippen molar-refractivity contribution in [3.63, 3.8) is 0 Å². The minimum absolute atomic E-state index is 0.109. The summed E-state index contributed by atoms with van der Waals surface area (Å²) in [6, 6.07) is 3.86. The number of Topliss-reactive ketones (excluding diaryl/α,β-unsaturated/α-hetero) is 1. The average Bonchev–Trinajstić information content (AvgIpc) is 2.39. The summed E-state index contributed by atoms with van der Waals surface area (Å²) < 4.78 is 5.42. The monoisotopic (exact) mass is 277 g/mol. The second-order valence-corrected chi connectivity index (χ2v) is 6.21. The first-order chi connectivity index (χ1) is 9.32. The largest absolute Gasteiger partial charge is 0.496 e. The van der Waals surface area contributed by atoms with Crippen LogP contribution < -0.4 is 10.5 Å². The first-order valence-electron chi connectivity index (χ1n) is 7.20. The Morgan fingerprint density at radius 1 is 1.25 bits per heavy atom. The van der Waals surface area contributed by atoms with Gasteiger partial charge in [-0.05, 0) is 55.8 Å². The third kappa shape index (κ3) is 4.07. The predicted octanol–water partition coefficient (Wildman–Crippen LogP) is 3.65. The zero-order valence-electron chi connectivity index (χ0n) is 13.4. The zero-order valence-corrected chi connectivity index (χ0v) is 13.4. The average molecular weight is 277 g/mol. The van der Waals surface area contributed by atoms with Gasteiger partial charge in [0.15, 0.2) is 5.78 Å². The molecule has 0 unspecified atom stereocenters. The van der Waals surface area contributed by atoms with Gasteiger partial charge in [-0.2, -0.15) is 0 Å². The number of rotatable bonds is 7. The van der Waals surface area contributed by atoms with Gasteiger partial charge in [0.1, 0.15) is 5.75 Å². The molecule has 0 aliphatic carbocycles. The highest BCUT2D eigenvalue weighted by Crippen LogP contribution is 2.30. The topological polar surface area (TPSA) is 52.3 Å². The second kappa shape index (κ2) is 6.89. The molecule has 0 saturated carbocycles. The fraction of sp³-hybridized carbons (Fsp3) is 0.588. The van der Waals surface area contributed by atoms with E-state index in [0.717, 1.165) is 24.0 Å². The molecule has 0 atom stereocenters. The predicted molar refractivity (Wildman–Crippen MR) is 83.5 cm³/mol. The lowest BCUT2D eigenvalue weighted by molar-refractivity contribution is 0.0958. The van der Waals surface area contributed by atoms with Crippen LogP contribution in [0.2, 0.25) is 0 Å². The van der Waals surface area contributed by atoms with Crippen LogP contribution >= 0.6 is 0 Å². The standard InChI is InChI=1S/C17H27NO2/c1-12-6-7-14(16(20-5)13(12)2)15(19)8-9-17(3,4)10-11-18/h6-7H,8-11,18H2,1-5H3. The third-order valence-electron chi connectivity index (χ3n) is 4.03. The lowest BCUT2D eigenvalue weighted by Crippen LogP contribution is -2.18. The molecule has 3 heteroatoms. The lowest BCUT2D eigenvalue weighted by atomic mass is 9.83. The minimum atomic E-state index is 0.109. The molecule has 0 aliphatic rings. The van der Waals surface area contributed by atoms with E-state index in [2.05, 4.69) is 13.8 Å². The van der Waals surface area contributed by atoms with Crippen LogP contribution in [0.25, 0.3) is 0 Å². The summed E-state index contributed by atoms with van der Waals surface area (Å²) in [5.74, 6) is 0.863. The normalized spacial score (nSPS) is 11.5. The molecule has 20 heavy (non-hydrogen) atoms. The molecule has 0 spiro atoms. The maximum atomic E-state index is 12.4. The molecule has 0 amide bonds. The number of carbonyl (C=O) groups excluding carboxylic acids is 1. The molecule has 112 valence electrons. The maximum Gasteiger partial charge on any atom is 0.166 e. The van der Waals surface area contributed by atoms with Crippen LogP contribution in [0.5, 0.6) is 5.75 Å². The van der Waals surface area contributed by atoms with Gasteiger partial charge in [-0.25, -0.2) is 0 Å². The Kier molecular flexibility index (Phi) is 5.75. The van der Waals surface area contributed by atoms with E-state index in [1.165, 1.54) is 0 Å². The SMILES string of the molecule is COc1c(C(=O)CCC(C)(C)CCN)ccc(C)c1C. The number of ether oxygens (including phenoxy) is 1. The van der Waals surface area contributed by atoms with Crippen LogP contribution in [-0.4, -0.2) is 19.4 Å². The number of hydrogen-bond donors (Lipinski definition) is 1. The van der Waals surface area contributed by atoms with Gasteiger partial charge in [-0.3, -0.25) is 4.79 Å². The summed E-state index contributed by atoms with van der Waals surface area (Å²) in [4.78, 5) is 12.4. The van der Waals surface area contributed by atoms with Crippen molar-refractivity contribution < 1.29 is 9.53 Å². The number of benzene rings is 1. The van der Waals surface area contributed by atoms with Crippen molar-refractivity contribution in [3.05, 3.63) is 28.8 Å². The molecule has 0 heterocycles. The summed E-state index contributed by atoms with van der Waals surface area (Å²) in [5.41, 5.74) is 8.59. The van der Waals surface area contributed by atoms with Gasteiger partial charge in [0.25, 0.3) is 0 Å². The van der Waals surface area contributed by atoms with Crippen molar-refractivity contribution >= 4 is 5.78 Å². The van der Waals surface area contributed by atoms with Crippen LogP contribution in [0.15, 0.2) is 12.1 Å². The van der Waals surface area contributed by atoms with E-state index in [9.17, 15) is 4.79 Å². The van der Waals surface area contributed by atoms with E-state index in [-0.39, 0.29) is 11.2 Å². The van der Waals surface area contributed by atoms with Crippen LogP contribution in [0.4, 0.5) is 0 Å². The Balaban J connectivity index is 2.86. The number of ketones is 1. The Hall–Kier alpha value is -1.35. The van der Waals surface area contributed by atoms with Gasteiger partial charge < -0.3 is 10.5 Å². The van der Waals surface area contributed by atoms with Crippen LogP contribution in [0.1, 0.15) is 54.6 Å². The van der Waals surface area contributed by atoms with Crippen molar-refractivity contribution in [1.82, 2.24) is 0 Å². The Bertz CT molecular complexity index is 478. The highest BCUT2D eigenvalue weighted by Gasteiger charge is 2.21. The van der Waals surface area contributed by atoms with Gasteiger partial charge in [-0.15, -0.1) is 0 Å². The molecule has 1 rings (SSSR count). The lowest BCUT2D eigenvalue weighted by Gasteiger charge is -2.23. The first-order valence-corrected chi connectivity index (χ1v) is 7.20. The van der Waals surface area contributed by atoms with E-state index >= 15 is 0 Å². The summed E-state index contributed by atoms with van der Waals surface area (Å²) >= 11 is 0. The molecule has 0 fully saturated rings. The van der Waals surface area contributed by atoms with Crippen LogP contribution in [0, 0.1) is 19.3 Å². The molecule has 0 aliphatic heterocycles. The van der Waals surface area contributed by atoms with Crippen LogP contribution in [-0.2, 0) is 0 Å². The molecule has 0 aromatic heterocycles. The summed E-state index contributed by atoms with van der Waals surface area (Å²) in [6.45, 7) is 8.99. The molecule has 0 bridgehead atoms. The van der Waals surface area contributed by atoms with E-state index < -0.39 is 0 Å². The maximum absolute atomic E-state index is 12.4. The molecular weight excluding hydrogens is 250 g/mol. The number of hydrogen-bond acceptors (Lipinski definition) is 3. The first kappa shape index (κ1) is 16.7. The Morgan fingerprint density at radius 2 is 1.90 bits per heavy atom. The molecular formula is C17H27NO2. The van der Waals surface area contributed by atoms with Crippen molar-refractivity contribution in [3.8, 4) is 5.75 Å². The molecule has 2 N–H and O–H groups in total. The van der Waals surface area contributed by atoms with Crippen LogP contribution in [0.3, 0.4) is 0 Å². The minimum Gasteiger partial charge on any atom is -0.496 e. The fourth-order valence-electron chi connectivity index (χ4n) is 2.38. The number of nitrogens with two attached hydrogens (primary N) is 1. The summed E-state index contributed by atoms with van der Waals surface area (Å²) in [7, 11) is 1.62. The molecule has 1 aromatic carbocycles. The van der Waals surface area contributed by atoms with Crippen molar-refractivity contribution in [2.75, 3.05) is 13.7 Å². The van der Waals surface area contributed by atoms with Crippen molar-refractivity contribution in [2.45, 2.75) is 47.0 Å². The van der Waals surface area contributed by atoms with Crippen molar-refractivity contribution in [1.29, 1.82) is 0 Å². The Morgan fingerprint density at radius 3 is 2.45 bits per heavy atom. The summed E-state index contributed by atoms with van der Waals surface area (Å²) in [6.07, 6.45) is 2.31. The van der Waals surface area contributed by atoms with E-state index in [4.69, 9.17) is 10.5 Å². The molecule has 1 aromatic rings. The smallest absolute Gasteiger partial charge is 0.166 e. The van der Waals surface area contributed by atoms with Gasteiger partial charge in [-0.1, -0.05) is 19.9 Å². The molecule has 0 saturated heterocycles.